The Morgan fingerprint density at radius 3 is 2.67 bits per heavy atom. The Morgan fingerprint density at radius 2 is 2.17 bits per heavy atom. The van der Waals surface area contributed by atoms with Gasteiger partial charge >= 0.3 is 0 Å². The van der Waals surface area contributed by atoms with Crippen molar-refractivity contribution >= 4 is 15.7 Å². The molecule has 0 radical (unpaired) electrons. The molecule has 18 heavy (non-hydrogen) atoms. The van der Waals surface area contributed by atoms with E-state index < -0.39 is 26.8 Å². The molecule has 3 N–H and O–H groups in total. The first-order chi connectivity index (χ1) is 8.42. The zero-order valence-corrected chi connectivity index (χ0v) is 11.1. The molecule has 0 aromatic heterocycles. The fourth-order valence-electron chi connectivity index (χ4n) is 1.52. The van der Waals surface area contributed by atoms with Gasteiger partial charge in [0.2, 0.25) is 10.0 Å². The molecule has 0 aliphatic rings. The fourth-order valence-corrected chi connectivity index (χ4v) is 3.02. The summed E-state index contributed by atoms with van der Waals surface area (Å²) in [4.78, 5) is -0.514. The molecule has 0 amide bonds. The van der Waals surface area contributed by atoms with Crippen molar-refractivity contribution in [2.45, 2.75) is 24.3 Å². The third kappa shape index (κ3) is 3.41. The number of benzene rings is 1. The lowest BCUT2D eigenvalue weighted by Gasteiger charge is -2.17. The SMILES string of the molecule is CCC(COC)NS(=O)(=O)c1c(N)cccc1F. The van der Waals surface area contributed by atoms with E-state index in [9.17, 15) is 12.8 Å². The molecule has 0 spiro atoms. The summed E-state index contributed by atoms with van der Waals surface area (Å²) in [5.74, 6) is -0.866. The maximum Gasteiger partial charge on any atom is 0.245 e. The summed E-state index contributed by atoms with van der Waals surface area (Å²) in [6, 6.07) is 3.34. The van der Waals surface area contributed by atoms with E-state index in [4.69, 9.17) is 10.5 Å². The molecule has 1 rings (SSSR count). The molecule has 1 atom stereocenters. The molecular formula is C11H17FN2O3S. The molecule has 0 aliphatic carbocycles. The highest BCUT2D eigenvalue weighted by Gasteiger charge is 2.24. The Hall–Kier alpha value is -1.18. The van der Waals surface area contributed by atoms with Gasteiger partial charge in [-0.05, 0) is 18.6 Å². The number of hydrogen-bond acceptors (Lipinski definition) is 4. The normalized spacial score (nSPS) is 13.5. The molecular weight excluding hydrogens is 259 g/mol. The van der Waals surface area contributed by atoms with Gasteiger partial charge in [0.05, 0.1) is 12.3 Å². The Kier molecular flexibility index (Phi) is 5.06. The molecule has 0 saturated heterocycles. The lowest BCUT2D eigenvalue weighted by molar-refractivity contribution is 0.173. The van der Waals surface area contributed by atoms with Crippen molar-refractivity contribution in [2.75, 3.05) is 19.5 Å². The van der Waals surface area contributed by atoms with Crippen molar-refractivity contribution in [1.82, 2.24) is 4.72 Å². The van der Waals surface area contributed by atoms with Gasteiger partial charge in [0, 0.05) is 13.2 Å². The van der Waals surface area contributed by atoms with Crippen LogP contribution in [0.15, 0.2) is 23.1 Å². The van der Waals surface area contributed by atoms with E-state index in [1.807, 2.05) is 0 Å². The first kappa shape index (κ1) is 14.9. The Labute approximate surface area is 106 Å². The minimum Gasteiger partial charge on any atom is -0.398 e. The van der Waals surface area contributed by atoms with Crippen molar-refractivity contribution in [1.29, 1.82) is 0 Å². The number of hydrogen-bond donors (Lipinski definition) is 2. The second kappa shape index (κ2) is 6.12. The highest BCUT2D eigenvalue weighted by molar-refractivity contribution is 7.89. The van der Waals surface area contributed by atoms with Gasteiger partial charge in [0.15, 0.2) is 0 Å². The van der Waals surface area contributed by atoms with Crippen LogP contribution in [0.25, 0.3) is 0 Å². The molecule has 0 fully saturated rings. The van der Waals surface area contributed by atoms with Gasteiger partial charge < -0.3 is 10.5 Å². The van der Waals surface area contributed by atoms with Crippen molar-refractivity contribution in [3.8, 4) is 0 Å². The summed E-state index contributed by atoms with van der Waals surface area (Å²) in [7, 11) is -2.52. The largest absolute Gasteiger partial charge is 0.398 e. The molecule has 5 nitrogen and oxygen atoms in total. The number of rotatable bonds is 6. The van der Waals surface area contributed by atoms with Gasteiger partial charge in [-0.25, -0.2) is 17.5 Å². The molecule has 1 aromatic rings. The number of halogens is 1. The molecule has 0 saturated carbocycles. The number of methoxy groups -OCH3 is 1. The van der Waals surface area contributed by atoms with E-state index in [0.717, 1.165) is 6.07 Å². The standard InChI is InChI=1S/C11H17FN2O3S/c1-3-8(7-17-2)14-18(15,16)11-9(12)5-4-6-10(11)13/h4-6,8,14H,3,7,13H2,1-2H3. The van der Waals surface area contributed by atoms with Crippen LogP contribution in [0, 0.1) is 5.82 Å². The Bertz CT molecular complexity index is 485. The van der Waals surface area contributed by atoms with Gasteiger partial charge in [-0.1, -0.05) is 13.0 Å². The van der Waals surface area contributed by atoms with Crippen LogP contribution in [0.2, 0.25) is 0 Å². The number of sulfonamides is 1. The first-order valence-corrected chi connectivity index (χ1v) is 6.96. The van der Waals surface area contributed by atoms with Crippen molar-refractivity contribution in [2.24, 2.45) is 0 Å². The molecule has 0 aliphatic heterocycles. The molecule has 0 heterocycles. The maximum atomic E-state index is 13.6. The summed E-state index contributed by atoms with van der Waals surface area (Å²) in [5.41, 5.74) is 5.39. The fraction of sp³-hybridized carbons (Fsp3) is 0.455. The van der Waals surface area contributed by atoms with Gasteiger partial charge in [-0.2, -0.15) is 0 Å². The molecule has 1 unspecified atom stereocenters. The van der Waals surface area contributed by atoms with Crippen LogP contribution in [0.1, 0.15) is 13.3 Å². The second-order valence-corrected chi connectivity index (χ2v) is 5.49. The predicted molar refractivity (Wildman–Crippen MR) is 67.1 cm³/mol. The minimum absolute atomic E-state index is 0.116. The summed E-state index contributed by atoms with van der Waals surface area (Å²) in [6.45, 7) is 2.01. The average molecular weight is 276 g/mol. The molecule has 1 aromatic carbocycles. The van der Waals surface area contributed by atoms with E-state index in [1.54, 1.807) is 6.92 Å². The number of ether oxygens (including phenoxy) is 1. The number of nitrogens with two attached hydrogens (primary N) is 1. The maximum absolute atomic E-state index is 13.6. The third-order valence-corrected chi connectivity index (χ3v) is 4.06. The first-order valence-electron chi connectivity index (χ1n) is 5.47. The van der Waals surface area contributed by atoms with E-state index in [1.165, 1.54) is 19.2 Å². The average Bonchev–Trinajstić information content (AvgIpc) is 2.27. The van der Waals surface area contributed by atoms with E-state index in [0.29, 0.717) is 6.42 Å². The summed E-state index contributed by atoms with van der Waals surface area (Å²) in [5, 5.41) is 0. The lowest BCUT2D eigenvalue weighted by atomic mass is 10.3. The van der Waals surface area contributed by atoms with Gasteiger partial charge in [-0.3, -0.25) is 0 Å². The van der Waals surface area contributed by atoms with Crippen molar-refractivity contribution < 1.29 is 17.5 Å². The summed E-state index contributed by atoms with van der Waals surface area (Å²) in [6.07, 6.45) is 0.529. The monoisotopic (exact) mass is 276 g/mol. The summed E-state index contributed by atoms with van der Waals surface area (Å²) < 4.78 is 44.9. The van der Waals surface area contributed by atoms with Gasteiger partial charge in [-0.15, -0.1) is 0 Å². The zero-order chi connectivity index (χ0) is 13.8. The van der Waals surface area contributed by atoms with E-state index >= 15 is 0 Å². The van der Waals surface area contributed by atoms with Crippen molar-refractivity contribution in [3.05, 3.63) is 24.0 Å². The predicted octanol–water partition coefficient (Wildman–Crippen LogP) is 1.11. The highest BCUT2D eigenvalue weighted by Crippen LogP contribution is 2.21. The number of nitrogens with one attached hydrogen (secondary N) is 1. The molecule has 7 heteroatoms. The zero-order valence-electron chi connectivity index (χ0n) is 10.3. The quantitative estimate of drug-likeness (QED) is 0.763. The van der Waals surface area contributed by atoms with Crippen LogP contribution >= 0.6 is 0 Å². The third-order valence-electron chi connectivity index (χ3n) is 2.45. The highest BCUT2D eigenvalue weighted by atomic mass is 32.2. The second-order valence-electron chi connectivity index (χ2n) is 3.84. The van der Waals surface area contributed by atoms with E-state index in [-0.39, 0.29) is 12.3 Å². The summed E-state index contributed by atoms with van der Waals surface area (Å²) >= 11 is 0. The Morgan fingerprint density at radius 1 is 1.50 bits per heavy atom. The number of anilines is 1. The van der Waals surface area contributed by atoms with E-state index in [2.05, 4.69) is 4.72 Å². The Balaban J connectivity index is 3.06. The van der Waals surface area contributed by atoms with Gasteiger partial charge in [0.1, 0.15) is 10.7 Å². The topological polar surface area (TPSA) is 81.4 Å². The number of nitrogen functional groups attached to an aromatic ring is 1. The molecule has 102 valence electrons. The van der Waals surface area contributed by atoms with Crippen LogP contribution < -0.4 is 10.5 Å². The van der Waals surface area contributed by atoms with Crippen LogP contribution in [-0.2, 0) is 14.8 Å². The van der Waals surface area contributed by atoms with Crippen LogP contribution in [-0.4, -0.2) is 28.2 Å². The smallest absolute Gasteiger partial charge is 0.245 e. The minimum atomic E-state index is -3.99. The van der Waals surface area contributed by atoms with Crippen LogP contribution in [0.3, 0.4) is 0 Å². The van der Waals surface area contributed by atoms with Crippen LogP contribution in [0.5, 0.6) is 0 Å². The molecule has 0 bridgehead atoms. The van der Waals surface area contributed by atoms with Crippen LogP contribution in [0.4, 0.5) is 10.1 Å². The van der Waals surface area contributed by atoms with Crippen molar-refractivity contribution in [3.63, 3.8) is 0 Å². The van der Waals surface area contributed by atoms with Gasteiger partial charge in [0.25, 0.3) is 0 Å². The lowest BCUT2D eigenvalue weighted by Crippen LogP contribution is -2.38.